The van der Waals surface area contributed by atoms with Crippen LogP contribution in [0.15, 0.2) is 18.2 Å². The lowest BCUT2D eigenvalue weighted by molar-refractivity contribution is -0.126. The second-order valence-corrected chi connectivity index (χ2v) is 8.38. The van der Waals surface area contributed by atoms with Crippen LogP contribution >= 0.6 is 0 Å². The number of aryl methyl sites for hydroxylation is 1. The molecule has 1 amide bonds. The number of carbonyl (C=O) groups is 1. The Balaban J connectivity index is 1.94. The summed E-state index contributed by atoms with van der Waals surface area (Å²) in [6, 6.07) is 5.76. The summed E-state index contributed by atoms with van der Waals surface area (Å²) in [4.78, 5) is 12.4. The molecule has 0 aromatic heterocycles. The SMILES string of the molecule is COc1ccc(C(C)NC(=O)C2CCN(S(C)(=O)=O)CC2)cc1C. The summed E-state index contributed by atoms with van der Waals surface area (Å²) in [5.74, 6) is 0.680. The minimum absolute atomic E-state index is 0.0101. The normalized spacial score (nSPS) is 18.2. The van der Waals surface area contributed by atoms with Crippen LogP contribution in [0.4, 0.5) is 0 Å². The Hall–Kier alpha value is -1.60. The van der Waals surface area contributed by atoms with Gasteiger partial charge in [0.05, 0.1) is 19.4 Å². The number of carbonyl (C=O) groups excluding carboxylic acids is 1. The molecule has 1 atom stereocenters. The molecule has 2 rings (SSSR count). The van der Waals surface area contributed by atoms with Gasteiger partial charge in [0.15, 0.2) is 0 Å². The Morgan fingerprint density at radius 2 is 1.96 bits per heavy atom. The fourth-order valence-electron chi connectivity index (χ4n) is 3.04. The Labute approximate surface area is 144 Å². The first-order chi connectivity index (χ1) is 11.2. The average molecular weight is 354 g/mol. The molecule has 1 saturated heterocycles. The maximum absolute atomic E-state index is 12.4. The van der Waals surface area contributed by atoms with Gasteiger partial charge in [0.1, 0.15) is 5.75 Å². The van der Waals surface area contributed by atoms with Gasteiger partial charge < -0.3 is 10.1 Å². The summed E-state index contributed by atoms with van der Waals surface area (Å²) in [6.45, 7) is 4.74. The molecule has 6 nitrogen and oxygen atoms in total. The molecular formula is C17H26N2O4S. The van der Waals surface area contributed by atoms with Crippen LogP contribution in [-0.2, 0) is 14.8 Å². The molecule has 1 aliphatic rings. The molecule has 0 radical (unpaired) electrons. The molecular weight excluding hydrogens is 328 g/mol. The number of hydrogen-bond acceptors (Lipinski definition) is 4. The van der Waals surface area contributed by atoms with Gasteiger partial charge in [-0.3, -0.25) is 4.79 Å². The zero-order valence-electron chi connectivity index (χ0n) is 14.7. The Morgan fingerprint density at radius 1 is 1.33 bits per heavy atom. The lowest BCUT2D eigenvalue weighted by atomic mass is 9.96. The summed E-state index contributed by atoms with van der Waals surface area (Å²) >= 11 is 0. The highest BCUT2D eigenvalue weighted by Gasteiger charge is 2.29. The van der Waals surface area contributed by atoms with E-state index in [0.717, 1.165) is 16.9 Å². The summed E-state index contributed by atoms with van der Waals surface area (Å²) in [5, 5.41) is 3.04. The number of methoxy groups -OCH3 is 1. The Kier molecular flexibility index (Phi) is 5.87. The summed E-state index contributed by atoms with van der Waals surface area (Å²) < 4.78 is 29.7. The fraction of sp³-hybridized carbons (Fsp3) is 0.588. The van der Waals surface area contributed by atoms with Crippen molar-refractivity contribution in [3.63, 3.8) is 0 Å². The standard InChI is InChI=1S/C17H26N2O4S/c1-12-11-15(5-6-16(12)23-3)13(2)18-17(20)14-7-9-19(10-8-14)24(4,21)22/h5-6,11,13-14H,7-10H2,1-4H3,(H,18,20). The van der Waals surface area contributed by atoms with Gasteiger partial charge >= 0.3 is 0 Å². The lowest BCUT2D eigenvalue weighted by Crippen LogP contribution is -2.43. The molecule has 7 heteroatoms. The van der Waals surface area contributed by atoms with E-state index in [9.17, 15) is 13.2 Å². The molecule has 24 heavy (non-hydrogen) atoms. The second-order valence-electron chi connectivity index (χ2n) is 6.40. The van der Waals surface area contributed by atoms with Gasteiger partial charge in [-0.15, -0.1) is 0 Å². The number of sulfonamides is 1. The van der Waals surface area contributed by atoms with E-state index in [-0.39, 0.29) is 17.9 Å². The Bertz CT molecular complexity index is 695. The highest BCUT2D eigenvalue weighted by atomic mass is 32.2. The zero-order chi connectivity index (χ0) is 17.9. The lowest BCUT2D eigenvalue weighted by Gasteiger charge is -2.30. The second kappa shape index (κ2) is 7.53. The highest BCUT2D eigenvalue weighted by molar-refractivity contribution is 7.88. The third kappa shape index (κ3) is 4.48. The summed E-state index contributed by atoms with van der Waals surface area (Å²) in [5.41, 5.74) is 2.05. The zero-order valence-corrected chi connectivity index (χ0v) is 15.5. The van der Waals surface area contributed by atoms with Crippen molar-refractivity contribution in [2.24, 2.45) is 5.92 Å². The van der Waals surface area contributed by atoms with Crippen molar-refractivity contribution < 1.29 is 17.9 Å². The van der Waals surface area contributed by atoms with Crippen LogP contribution in [0, 0.1) is 12.8 Å². The van der Waals surface area contributed by atoms with Crippen molar-refractivity contribution in [3.05, 3.63) is 29.3 Å². The predicted octanol–water partition coefficient (Wildman–Crippen LogP) is 1.85. The molecule has 1 aromatic rings. The number of piperidine rings is 1. The van der Waals surface area contributed by atoms with Crippen molar-refractivity contribution in [3.8, 4) is 5.75 Å². The third-order valence-electron chi connectivity index (χ3n) is 4.57. The van der Waals surface area contributed by atoms with Gasteiger partial charge in [0, 0.05) is 19.0 Å². The van der Waals surface area contributed by atoms with Crippen LogP contribution in [0.5, 0.6) is 5.75 Å². The van der Waals surface area contributed by atoms with E-state index in [0.29, 0.717) is 25.9 Å². The van der Waals surface area contributed by atoms with E-state index < -0.39 is 10.0 Å². The van der Waals surface area contributed by atoms with Crippen LogP contribution in [0.2, 0.25) is 0 Å². The van der Waals surface area contributed by atoms with Crippen molar-refractivity contribution in [1.82, 2.24) is 9.62 Å². The highest BCUT2D eigenvalue weighted by Crippen LogP contribution is 2.24. The number of amides is 1. The molecule has 1 fully saturated rings. The number of benzene rings is 1. The summed E-state index contributed by atoms with van der Waals surface area (Å²) in [7, 11) is -1.53. The molecule has 0 bridgehead atoms. The van der Waals surface area contributed by atoms with Gasteiger partial charge in [-0.25, -0.2) is 12.7 Å². The number of ether oxygens (including phenoxy) is 1. The maximum Gasteiger partial charge on any atom is 0.223 e. The number of hydrogen-bond donors (Lipinski definition) is 1. The molecule has 1 aliphatic heterocycles. The number of nitrogens with zero attached hydrogens (tertiary/aromatic N) is 1. The van der Waals surface area contributed by atoms with Crippen molar-refractivity contribution in [1.29, 1.82) is 0 Å². The molecule has 134 valence electrons. The van der Waals surface area contributed by atoms with Crippen LogP contribution in [-0.4, -0.2) is 45.1 Å². The van der Waals surface area contributed by atoms with Gasteiger partial charge in [0.2, 0.25) is 15.9 Å². The molecule has 0 saturated carbocycles. The first kappa shape index (κ1) is 18.7. The quantitative estimate of drug-likeness (QED) is 0.876. The van der Waals surface area contributed by atoms with E-state index in [1.807, 2.05) is 32.0 Å². The van der Waals surface area contributed by atoms with Crippen molar-refractivity contribution >= 4 is 15.9 Å². The third-order valence-corrected chi connectivity index (χ3v) is 5.87. The van der Waals surface area contributed by atoms with Crippen molar-refractivity contribution in [2.45, 2.75) is 32.7 Å². The van der Waals surface area contributed by atoms with E-state index in [4.69, 9.17) is 4.74 Å². The van der Waals surface area contributed by atoms with Gasteiger partial charge in [-0.05, 0) is 43.9 Å². The molecule has 1 N–H and O–H groups in total. The van der Waals surface area contributed by atoms with E-state index >= 15 is 0 Å². The van der Waals surface area contributed by atoms with Gasteiger partial charge in [-0.2, -0.15) is 0 Å². The van der Waals surface area contributed by atoms with Crippen LogP contribution in [0.3, 0.4) is 0 Å². The Morgan fingerprint density at radius 3 is 2.46 bits per heavy atom. The average Bonchev–Trinajstić information content (AvgIpc) is 2.54. The van der Waals surface area contributed by atoms with E-state index in [1.54, 1.807) is 7.11 Å². The maximum atomic E-state index is 12.4. The van der Waals surface area contributed by atoms with Gasteiger partial charge in [-0.1, -0.05) is 12.1 Å². The summed E-state index contributed by atoms with van der Waals surface area (Å²) in [6.07, 6.45) is 2.34. The minimum Gasteiger partial charge on any atom is -0.496 e. The smallest absolute Gasteiger partial charge is 0.223 e. The van der Waals surface area contributed by atoms with E-state index in [1.165, 1.54) is 10.6 Å². The number of nitrogens with one attached hydrogen (secondary N) is 1. The van der Waals surface area contributed by atoms with Crippen LogP contribution in [0.25, 0.3) is 0 Å². The topological polar surface area (TPSA) is 75.7 Å². The van der Waals surface area contributed by atoms with Crippen molar-refractivity contribution in [2.75, 3.05) is 26.5 Å². The first-order valence-corrected chi connectivity index (χ1v) is 9.97. The first-order valence-electron chi connectivity index (χ1n) is 8.12. The molecule has 1 heterocycles. The molecule has 0 aliphatic carbocycles. The van der Waals surface area contributed by atoms with Crippen LogP contribution in [0.1, 0.15) is 36.9 Å². The van der Waals surface area contributed by atoms with Crippen LogP contribution < -0.4 is 10.1 Å². The largest absolute Gasteiger partial charge is 0.496 e. The van der Waals surface area contributed by atoms with Gasteiger partial charge in [0.25, 0.3) is 0 Å². The number of rotatable bonds is 5. The molecule has 0 spiro atoms. The molecule has 1 aromatic carbocycles. The predicted molar refractivity (Wildman–Crippen MR) is 93.4 cm³/mol. The minimum atomic E-state index is -3.16. The monoisotopic (exact) mass is 354 g/mol. The van der Waals surface area contributed by atoms with E-state index in [2.05, 4.69) is 5.32 Å². The molecule has 1 unspecified atom stereocenters. The fourth-order valence-corrected chi connectivity index (χ4v) is 3.91.